The second kappa shape index (κ2) is 8.49. The van der Waals surface area contributed by atoms with Crippen LogP contribution < -0.4 is 0 Å². The molecule has 0 fully saturated rings. The highest BCUT2D eigenvalue weighted by Crippen LogP contribution is 2.48. The van der Waals surface area contributed by atoms with Crippen molar-refractivity contribution in [1.29, 1.82) is 0 Å². The fraction of sp³-hybridized carbons (Fsp3) is 0.889. The zero-order valence-electron chi connectivity index (χ0n) is 17.1. The van der Waals surface area contributed by atoms with E-state index >= 15 is 0 Å². The van der Waals surface area contributed by atoms with Crippen molar-refractivity contribution in [3.63, 3.8) is 0 Å². The van der Waals surface area contributed by atoms with Crippen LogP contribution >= 0.6 is 0 Å². The monoisotopic (exact) mass is 422 g/mol. The Labute approximate surface area is 160 Å². The van der Waals surface area contributed by atoms with Crippen molar-refractivity contribution >= 4 is 11.9 Å². The van der Waals surface area contributed by atoms with Gasteiger partial charge in [-0.15, -0.1) is 0 Å². The Balaban J connectivity index is 5.30. The third-order valence-corrected chi connectivity index (χ3v) is 5.06. The molecule has 0 aliphatic rings. The molecule has 0 aromatic heterocycles. The zero-order chi connectivity index (χ0) is 22.8. The van der Waals surface area contributed by atoms with Crippen LogP contribution in [0, 0.1) is 16.2 Å². The minimum absolute atomic E-state index is 0.292. The Morgan fingerprint density at radius 3 is 1.61 bits per heavy atom. The molecular formula is C18H28F6O4. The molecule has 1 atom stereocenters. The minimum atomic E-state index is -5.83. The van der Waals surface area contributed by atoms with Crippen molar-refractivity contribution in [2.45, 2.75) is 79.8 Å². The molecule has 166 valence electrons. The molecule has 0 amide bonds. The molecule has 0 rings (SSSR count). The van der Waals surface area contributed by atoms with Gasteiger partial charge in [0.2, 0.25) is 0 Å². The number of carbonyl (C=O) groups is 2. The van der Waals surface area contributed by atoms with E-state index in [2.05, 4.69) is 4.74 Å². The van der Waals surface area contributed by atoms with Crippen LogP contribution in [0.3, 0.4) is 0 Å². The molecule has 4 nitrogen and oxygen atoms in total. The average Bonchev–Trinajstić information content (AvgIpc) is 2.46. The quantitative estimate of drug-likeness (QED) is 0.405. The van der Waals surface area contributed by atoms with E-state index in [0.717, 1.165) is 0 Å². The predicted octanol–water partition coefficient (Wildman–Crippen LogP) is 5.44. The van der Waals surface area contributed by atoms with Gasteiger partial charge in [-0.1, -0.05) is 48.0 Å². The lowest BCUT2D eigenvalue weighted by molar-refractivity contribution is -0.313. The van der Waals surface area contributed by atoms with Gasteiger partial charge in [0.05, 0.1) is 5.41 Å². The highest BCUT2D eigenvalue weighted by atomic mass is 19.4. The number of hydrogen-bond acceptors (Lipinski definition) is 4. The Kier molecular flexibility index (Phi) is 8.04. The number of carbonyl (C=O) groups excluding carboxylic acids is 2. The Hall–Kier alpha value is -1.48. The van der Waals surface area contributed by atoms with E-state index in [1.165, 1.54) is 0 Å². The van der Waals surface area contributed by atoms with Crippen LogP contribution in [-0.2, 0) is 19.1 Å². The predicted molar refractivity (Wildman–Crippen MR) is 89.2 cm³/mol. The number of alkyl halides is 6. The van der Waals surface area contributed by atoms with Gasteiger partial charge in [0, 0.05) is 0 Å². The number of hydrogen-bond donors (Lipinski definition) is 0. The smallest absolute Gasteiger partial charge is 0.434 e. The van der Waals surface area contributed by atoms with Gasteiger partial charge >= 0.3 is 24.3 Å². The van der Waals surface area contributed by atoms with Crippen LogP contribution in [0.4, 0.5) is 26.3 Å². The van der Waals surface area contributed by atoms with Crippen LogP contribution in [0.2, 0.25) is 0 Å². The molecule has 1 unspecified atom stereocenters. The Morgan fingerprint density at radius 1 is 0.857 bits per heavy atom. The van der Waals surface area contributed by atoms with Gasteiger partial charge in [-0.3, -0.25) is 4.79 Å². The average molecular weight is 422 g/mol. The van der Waals surface area contributed by atoms with E-state index in [1.807, 2.05) is 20.8 Å². The van der Waals surface area contributed by atoms with Crippen LogP contribution in [0.15, 0.2) is 0 Å². The maximum atomic E-state index is 12.6. The molecule has 0 aliphatic heterocycles. The second-order valence-corrected chi connectivity index (χ2v) is 8.81. The number of halogens is 6. The Bertz CT molecular complexity index is 546. The van der Waals surface area contributed by atoms with E-state index in [0.29, 0.717) is 12.8 Å². The minimum Gasteiger partial charge on any atom is -0.453 e. The molecule has 0 aliphatic carbocycles. The summed E-state index contributed by atoms with van der Waals surface area (Å²) in [6.45, 7) is 11.2. The zero-order valence-corrected chi connectivity index (χ0v) is 17.1. The van der Waals surface area contributed by atoms with Gasteiger partial charge in [-0.05, 0) is 24.2 Å². The second-order valence-electron chi connectivity index (χ2n) is 8.81. The van der Waals surface area contributed by atoms with Crippen molar-refractivity contribution in [1.82, 2.24) is 0 Å². The summed E-state index contributed by atoms with van der Waals surface area (Å²) in [7, 11) is 0. The lowest BCUT2D eigenvalue weighted by Crippen LogP contribution is -2.47. The fourth-order valence-corrected chi connectivity index (χ4v) is 2.49. The van der Waals surface area contributed by atoms with Gasteiger partial charge in [-0.2, -0.15) is 26.3 Å². The summed E-state index contributed by atoms with van der Waals surface area (Å²) in [5.41, 5.74) is -2.08. The summed E-state index contributed by atoms with van der Waals surface area (Å²) < 4.78 is 82.9. The van der Waals surface area contributed by atoms with Gasteiger partial charge < -0.3 is 9.47 Å². The SMILES string of the molecule is CCC(C)(C)CC(C)(C(=O)OCC(=O)OC(C(F)(F)F)C(F)(F)F)C(C)(C)C. The summed E-state index contributed by atoms with van der Waals surface area (Å²) in [6, 6.07) is 0. The van der Waals surface area contributed by atoms with Crippen LogP contribution in [-0.4, -0.2) is 37.0 Å². The lowest BCUT2D eigenvalue weighted by atomic mass is 9.60. The van der Waals surface area contributed by atoms with E-state index < -0.39 is 47.8 Å². The summed E-state index contributed by atoms with van der Waals surface area (Å²) in [4.78, 5) is 24.1. The normalized spacial score (nSPS) is 15.9. The summed E-state index contributed by atoms with van der Waals surface area (Å²) in [6.07, 6.45) is -14.9. The first-order chi connectivity index (χ1) is 12.2. The van der Waals surface area contributed by atoms with Crippen LogP contribution in [0.5, 0.6) is 0 Å². The van der Waals surface area contributed by atoms with Crippen molar-refractivity contribution in [2.75, 3.05) is 6.61 Å². The summed E-state index contributed by atoms with van der Waals surface area (Å²) >= 11 is 0. The molecular weight excluding hydrogens is 394 g/mol. The third kappa shape index (κ3) is 7.16. The first-order valence-corrected chi connectivity index (χ1v) is 8.67. The van der Waals surface area contributed by atoms with Crippen molar-refractivity contribution in [3.05, 3.63) is 0 Å². The van der Waals surface area contributed by atoms with E-state index in [-0.39, 0.29) is 5.41 Å². The lowest BCUT2D eigenvalue weighted by Gasteiger charge is -2.44. The van der Waals surface area contributed by atoms with Gasteiger partial charge in [-0.25, -0.2) is 4.79 Å². The van der Waals surface area contributed by atoms with Crippen molar-refractivity contribution in [3.8, 4) is 0 Å². The molecule has 0 aromatic rings. The fourth-order valence-electron chi connectivity index (χ4n) is 2.49. The van der Waals surface area contributed by atoms with Crippen LogP contribution in [0.25, 0.3) is 0 Å². The van der Waals surface area contributed by atoms with E-state index in [9.17, 15) is 35.9 Å². The van der Waals surface area contributed by atoms with E-state index in [1.54, 1.807) is 27.7 Å². The molecule has 0 radical (unpaired) electrons. The number of esters is 2. The molecule has 0 saturated heterocycles. The Morgan fingerprint density at radius 2 is 1.29 bits per heavy atom. The third-order valence-electron chi connectivity index (χ3n) is 5.06. The van der Waals surface area contributed by atoms with Crippen LogP contribution in [0.1, 0.15) is 61.3 Å². The molecule has 10 heteroatoms. The highest BCUT2D eigenvalue weighted by Gasteiger charge is 2.60. The molecule has 0 saturated carbocycles. The summed E-state index contributed by atoms with van der Waals surface area (Å²) in [5, 5.41) is 0. The van der Waals surface area contributed by atoms with Crippen molar-refractivity contribution < 1.29 is 45.4 Å². The maximum Gasteiger partial charge on any atom is 0.434 e. The van der Waals surface area contributed by atoms with E-state index in [4.69, 9.17) is 4.74 Å². The van der Waals surface area contributed by atoms with Crippen molar-refractivity contribution in [2.24, 2.45) is 16.2 Å². The molecule has 28 heavy (non-hydrogen) atoms. The number of ether oxygens (including phenoxy) is 2. The standard InChI is InChI=1S/C18H28F6O4/c1-8-15(5,6)10-16(7,14(2,3)4)13(26)27-9-11(25)28-12(17(19,20)21)18(22,23)24/h12H,8-10H2,1-7H3. The molecule has 0 heterocycles. The molecule has 0 bridgehead atoms. The molecule has 0 aromatic carbocycles. The van der Waals surface area contributed by atoms with Gasteiger partial charge in [0.25, 0.3) is 6.10 Å². The molecule has 0 spiro atoms. The first kappa shape index (κ1) is 26.5. The maximum absolute atomic E-state index is 12.6. The summed E-state index contributed by atoms with van der Waals surface area (Å²) in [5.74, 6) is -2.83. The number of rotatable bonds is 7. The van der Waals surface area contributed by atoms with Gasteiger partial charge in [0.15, 0.2) is 6.61 Å². The largest absolute Gasteiger partial charge is 0.453 e. The highest BCUT2D eigenvalue weighted by molar-refractivity contribution is 5.81. The molecule has 0 N–H and O–H groups in total. The topological polar surface area (TPSA) is 52.6 Å². The van der Waals surface area contributed by atoms with Gasteiger partial charge in [0.1, 0.15) is 0 Å². The first-order valence-electron chi connectivity index (χ1n) is 8.67.